The molecule has 0 bridgehead atoms. The minimum absolute atomic E-state index is 0.715. The van der Waals surface area contributed by atoms with E-state index < -0.39 is 0 Å². The third-order valence-corrected chi connectivity index (χ3v) is 4.24. The first-order valence-corrected chi connectivity index (χ1v) is 7.57. The van der Waals surface area contributed by atoms with Crippen LogP contribution in [0.2, 0.25) is 0 Å². The van der Waals surface area contributed by atoms with E-state index in [1.165, 1.54) is 16.7 Å². The molecule has 4 rings (SSSR count). The van der Waals surface area contributed by atoms with Gasteiger partial charge in [0, 0.05) is 5.69 Å². The van der Waals surface area contributed by atoms with Gasteiger partial charge in [0.15, 0.2) is 5.82 Å². The second-order valence-corrected chi connectivity index (χ2v) is 5.85. The lowest BCUT2D eigenvalue weighted by atomic mass is 10.1. The average molecular weight is 303 g/mol. The molecule has 0 amide bonds. The van der Waals surface area contributed by atoms with Crippen LogP contribution in [-0.4, -0.2) is 19.6 Å². The fraction of sp³-hybridized carbons (Fsp3) is 0.167. The Morgan fingerprint density at radius 2 is 1.91 bits per heavy atom. The third kappa shape index (κ3) is 2.21. The Balaban J connectivity index is 1.94. The Morgan fingerprint density at radius 3 is 2.78 bits per heavy atom. The molecule has 5 nitrogen and oxygen atoms in total. The topological polar surface area (TPSA) is 55.1 Å². The van der Waals surface area contributed by atoms with Crippen LogP contribution in [0.3, 0.4) is 0 Å². The van der Waals surface area contributed by atoms with Gasteiger partial charge in [-0.05, 0) is 55.7 Å². The standard InChI is InChI=1S/C18H17N5/c1-11-7-8-15-16(9-11)23-10-19-22-18(23)17(21-15)20-14-6-4-5-12(2)13(14)3/h4-10H,1-3H3,(H,20,21). The molecule has 23 heavy (non-hydrogen) atoms. The zero-order valence-corrected chi connectivity index (χ0v) is 13.3. The van der Waals surface area contributed by atoms with Crippen molar-refractivity contribution in [2.45, 2.75) is 20.8 Å². The van der Waals surface area contributed by atoms with Crippen LogP contribution in [0, 0.1) is 20.8 Å². The molecule has 5 heteroatoms. The molecular formula is C18H17N5. The number of rotatable bonds is 2. The van der Waals surface area contributed by atoms with Crippen molar-refractivity contribution >= 4 is 28.2 Å². The van der Waals surface area contributed by atoms with Gasteiger partial charge >= 0.3 is 0 Å². The van der Waals surface area contributed by atoms with Gasteiger partial charge < -0.3 is 5.32 Å². The SMILES string of the molecule is Cc1ccc2nc(Nc3cccc(C)c3C)c3nncn3c2c1. The summed E-state index contributed by atoms with van der Waals surface area (Å²) in [5, 5.41) is 11.7. The monoisotopic (exact) mass is 303 g/mol. The molecule has 0 fully saturated rings. The number of hydrogen-bond donors (Lipinski definition) is 1. The Kier molecular flexibility index (Phi) is 3.01. The lowest BCUT2D eigenvalue weighted by molar-refractivity contribution is 1.11. The Morgan fingerprint density at radius 1 is 1.04 bits per heavy atom. The van der Waals surface area contributed by atoms with E-state index in [-0.39, 0.29) is 0 Å². The molecule has 114 valence electrons. The minimum atomic E-state index is 0.715. The van der Waals surface area contributed by atoms with Crippen LogP contribution in [-0.2, 0) is 0 Å². The second kappa shape index (κ2) is 5.05. The van der Waals surface area contributed by atoms with E-state index in [1.54, 1.807) is 6.33 Å². The van der Waals surface area contributed by atoms with Crippen molar-refractivity contribution in [3.63, 3.8) is 0 Å². The van der Waals surface area contributed by atoms with Gasteiger partial charge in [0.1, 0.15) is 6.33 Å². The molecule has 2 heterocycles. The number of nitrogens with one attached hydrogen (secondary N) is 1. The van der Waals surface area contributed by atoms with E-state index in [4.69, 9.17) is 4.98 Å². The van der Waals surface area contributed by atoms with Gasteiger partial charge in [0.25, 0.3) is 0 Å². The quantitative estimate of drug-likeness (QED) is 0.609. The fourth-order valence-electron chi connectivity index (χ4n) is 2.76. The van der Waals surface area contributed by atoms with Crippen LogP contribution in [0.15, 0.2) is 42.7 Å². The van der Waals surface area contributed by atoms with Crippen LogP contribution < -0.4 is 5.32 Å². The first-order chi connectivity index (χ1) is 11.1. The van der Waals surface area contributed by atoms with E-state index in [9.17, 15) is 0 Å². The van der Waals surface area contributed by atoms with Crippen molar-refractivity contribution in [2.75, 3.05) is 5.32 Å². The zero-order chi connectivity index (χ0) is 16.0. The molecular weight excluding hydrogens is 286 g/mol. The highest BCUT2D eigenvalue weighted by molar-refractivity contribution is 5.84. The molecule has 0 spiro atoms. The van der Waals surface area contributed by atoms with Gasteiger partial charge in [0.2, 0.25) is 5.65 Å². The molecule has 2 aromatic carbocycles. The van der Waals surface area contributed by atoms with Gasteiger partial charge in [-0.25, -0.2) is 4.98 Å². The van der Waals surface area contributed by atoms with Crippen LogP contribution >= 0.6 is 0 Å². The first-order valence-electron chi connectivity index (χ1n) is 7.57. The predicted molar refractivity (Wildman–Crippen MR) is 92.2 cm³/mol. The van der Waals surface area contributed by atoms with Gasteiger partial charge in [-0.2, -0.15) is 0 Å². The normalized spacial score (nSPS) is 11.3. The number of nitrogens with zero attached hydrogens (tertiary/aromatic N) is 4. The molecule has 0 aliphatic heterocycles. The molecule has 0 aliphatic carbocycles. The lowest BCUT2D eigenvalue weighted by Crippen LogP contribution is -2.02. The summed E-state index contributed by atoms with van der Waals surface area (Å²) in [6.45, 7) is 6.27. The Bertz CT molecular complexity index is 1030. The Labute approximate surface area is 134 Å². The fourth-order valence-corrected chi connectivity index (χ4v) is 2.76. The number of hydrogen-bond acceptors (Lipinski definition) is 4. The number of fused-ring (bicyclic) bond motifs is 3. The lowest BCUT2D eigenvalue weighted by Gasteiger charge is -2.12. The van der Waals surface area contributed by atoms with Crippen molar-refractivity contribution in [1.29, 1.82) is 0 Å². The average Bonchev–Trinajstić information content (AvgIpc) is 3.02. The summed E-state index contributed by atoms with van der Waals surface area (Å²) in [5.41, 5.74) is 7.31. The van der Waals surface area contributed by atoms with Crippen molar-refractivity contribution in [2.24, 2.45) is 0 Å². The number of aromatic nitrogens is 4. The summed E-state index contributed by atoms with van der Waals surface area (Å²) < 4.78 is 1.97. The zero-order valence-electron chi connectivity index (χ0n) is 13.3. The molecule has 0 radical (unpaired) electrons. The highest BCUT2D eigenvalue weighted by atomic mass is 15.3. The van der Waals surface area contributed by atoms with Gasteiger partial charge in [-0.15, -0.1) is 10.2 Å². The highest BCUT2D eigenvalue weighted by Crippen LogP contribution is 2.26. The molecule has 0 saturated carbocycles. The predicted octanol–water partition coefficient (Wildman–Crippen LogP) is 3.95. The van der Waals surface area contributed by atoms with Gasteiger partial charge in [-0.3, -0.25) is 4.40 Å². The maximum atomic E-state index is 4.75. The summed E-state index contributed by atoms with van der Waals surface area (Å²) in [5.74, 6) is 0.715. The van der Waals surface area contributed by atoms with Gasteiger partial charge in [-0.1, -0.05) is 18.2 Å². The van der Waals surface area contributed by atoms with E-state index in [0.717, 1.165) is 22.4 Å². The smallest absolute Gasteiger partial charge is 0.204 e. The van der Waals surface area contributed by atoms with E-state index in [0.29, 0.717) is 5.82 Å². The highest BCUT2D eigenvalue weighted by Gasteiger charge is 2.12. The molecule has 0 atom stereocenters. The largest absolute Gasteiger partial charge is 0.337 e. The second-order valence-electron chi connectivity index (χ2n) is 5.85. The summed E-state index contributed by atoms with van der Waals surface area (Å²) in [7, 11) is 0. The van der Waals surface area contributed by atoms with Crippen LogP contribution in [0.25, 0.3) is 16.7 Å². The molecule has 0 aliphatic rings. The first kappa shape index (κ1) is 13.7. The van der Waals surface area contributed by atoms with Crippen LogP contribution in [0.1, 0.15) is 16.7 Å². The van der Waals surface area contributed by atoms with Crippen molar-refractivity contribution in [3.05, 3.63) is 59.4 Å². The van der Waals surface area contributed by atoms with Crippen LogP contribution in [0.4, 0.5) is 11.5 Å². The maximum absolute atomic E-state index is 4.75. The minimum Gasteiger partial charge on any atom is -0.337 e. The number of benzene rings is 2. The summed E-state index contributed by atoms with van der Waals surface area (Å²) in [6, 6.07) is 12.4. The summed E-state index contributed by atoms with van der Waals surface area (Å²) in [6.07, 6.45) is 1.73. The molecule has 0 saturated heterocycles. The van der Waals surface area contributed by atoms with Crippen LogP contribution in [0.5, 0.6) is 0 Å². The van der Waals surface area contributed by atoms with E-state index in [1.807, 2.05) is 16.5 Å². The third-order valence-electron chi connectivity index (χ3n) is 4.24. The van der Waals surface area contributed by atoms with E-state index >= 15 is 0 Å². The number of aryl methyl sites for hydroxylation is 2. The molecule has 2 aromatic heterocycles. The van der Waals surface area contributed by atoms with E-state index in [2.05, 4.69) is 60.6 Å². The molecule has 1 N–H and O–H groups in total. The maximum Gasteiger partial charge on any atom is 0.204 e. The summed E-state index contributed by atoms with van der Waals surface area (Å²) in [4.78, 5) is 4.75. The van der Waals surface area contributed by atoms with Crippen molar-refractivity contribution in [3.8, 4) is 0 Å². The van der Waals surface area contributed by atoms with Crippen molar-refractivity contribution < 1.29 is 0 Å². The van der Waals surface area contributed by atoms with Crippen molar-refractivity contribution in [1.82, 2.24) is 19.6 Å². The Hall–Kier alpha value is -2.95. The molecule has 4 aromatic rings. The van der Waals surface area contributed by atoms with Gasteiger partial charge in [0.05, 0.1) is 11.0 Å². The summed E-state index contributed by atoms with van der Waals surface area (Å²) >= 11 is 0. The number of anilines is 2. The molecule has 0 unspecified atom stereocenters.